The van der Waals surface area contributed by atoms with Crippen molar-refractivity contribution in [1.82, 2.24) is 5.32 Å². The maximum absolute atomic E-state index is 9.28. The predicted molar refractivity (Wildman–Crippen MR) is 68.7 cm³/mol. The van der Waals surface area contributed by atoms with Gasteiger partial charge in [-0.3, -0.25) is 0 Å². The summed E-state index contributed by atoms with van der Waals surface area (Å²) in [5.74, 6) is 0.887. The summed E-state index contributed by atoms with van der Waals surface area (Å²) in [6.45, 7) is 4.03. The molecule has 2 rings (SSSR count). The smallest absolute Gasteiger partial charge is 0.142 e. The van der Waals surface area contributed by atoms with E-state index in [-0.39, 0.29) is 12.6 Å². The molecule has 4 heteroatoms. The Morgan fingerprint density at radius 1 is 1.41 bits per heavy atom. The summed E-state index contributed by atoms with van der Waals surface area (Å²) in [6, 6.07) is 8.51. The molecule has 1 aliphatic rings. The van der Waals surface area contributed by atoms with Gasteiger partial charge in [0, 0.05) is 25.2 Å². The second kappa shape index (κ2) is 5.38. The van der Waals surface area contributed by atoms with E-state index < -0.39 is 0 Å². The maximum atomic E-state index is 9.28. The van der Waals surface area contributed by atoms with E-state index in [1.54, 1.807) is 7.11 Å². The molecule has 0 aliphatic carbocycles. The molecule has 0 amide bonds. The largest absolute Gasteiger partial charge is 0.495 e. The van der Waals surface area contributed by atoms with Gasteiger partial charge >= 0.3 is 0 Å². The van der Waals surface area contributed by atoms with Crippen LogP contribution in [-0.2, 0) is 0 Å². The zero-order valence-electron chi connectivity index (χ0n) is 10.4. The van der Waals surface area contributed by atoms with Gasteiger partial charge < -0.3 is 20.1 Å². The molecule has 1 aromatic carbocycles. The predicted octanol–water partition coefficient (Wildman–Crippen LogP) is 0.854. The van der Waals surface area contributed by atoms with Crippen LogP contribution >= 0.6 is 0 Å². The lowest BCUT2D eigenvalue weighted by Crippen LogP contribution is -2.57. The number of rotatable bonds is 3. The Hall–Kier alpha value is -1.26. The Labute approximate surface area is 102 Å². The molecule has 2 atom stereocenters. The molecule has 0 spiro atoms. The van der Waals surface area contributed by atoms with Crippen molar-refractivity contribution in [2.24, 2.45) is 0 Å². The summed E-state index contributed by atoms with van der Waals surface area (Å²) in [5.41, 5.74) is 1.10. The molecule has 94 valence electrons. The number of nitrogens with one attached hydrogen (secondary N) is 1. The first-order valence-corrected chi connectivity index (χ1v) is 5.99. The molecule has 0 aromatic heterocycles. The molecular formula is C13H20N2O2. The number of piperazine rings is 1. The van der Waals surface area contributed by atoms with E-state index in [9.17, 15) is 5.11 Å². The molecule has 1 aromatic rings. The Kier molecular flexibility index (Phi) is 3.86. The number of aliphatic hydroxyl groups excluding tert-OH is 1. The highest BCUT2D eigenvalue weighted by Gasteiger charge is 2.24. The third-order valence-corrected chi connectivity index (χ3v) is 3.10. The van der Waals surface area contributed by atoms with E-state index in [4.69, 9.17) is 4.74 Å². The van der Waals surface area contributed by atoms with Crippen molar-refractivity contribution < 1.29 is 9.84 Å². The Bertz CT molecular complexity index is 370. The van der Waals surface area contributed by atoms with Gasteiger partial charge in [-0.2, -0.15) is 0 Å². The standard InChI is InChI=1S/C13H20N2O2/c1-10-7-15(8-11(9-16)14-10)12-5-3-4-6-13(12)17-2/h3-6,10-11,14,16H,7-9H2,1-2H3. The van der Waals surface area contributed by atoms with Crippen LogP contribution in [0, 0.1) is 0 Å². The number of para-hydroxylation sites is 2. The SMILES string of the molecule is COc1ccccc1N1CC(C)NC(CO)C1. The van der Waals surface area contributed by atoms with Gasteiger partial charge in [-0.05, 0) is 19.1 Å². The van der Waals surface area contributed by atoms with Crippen molar-refractivity contribution in [3.63, 3.8) is 0 Å². The van der Waals surface area contributed by atoms with Crippen LogP contribution in [0.3, 0.4) is 0 Å². The second-order valence-corrected chi connectivity index (χ2v) is 4.52. The lowest BCUT2D eigenvalue weighted by atomic mass is 10.1. The fraction of sp³-hybridized carbons (Fsp3) is 0.538. The minimum absolute atomic E-state index is 0.128. The van der Waals surface area contributed by atoms with Crippen molar-refractivity contribution in [1.29, 1.82) is 0 Å². The van der Waals surface area contributed by atoms with Crippen LogP contribution in [0.4, 0.5) is 5.69 Å². The van der Waals surface area contributed by atoms with Crippen LogP contribution in [0.25, 0.3) is 0 Å². The number of hydrogen-bond acceptors (Lipinski definition) is 4. The number of nitrogens with zero attached hydrogens (tertiary/aromatic N) is 1. The van der Waals surface area contributed by atoms with Gasteiger partial charge in [0.1, 0.15) is 5.75 Å². The van der Waals surface area contributed by atoms with Gasteiger partial charge in [-0.15, -0.1) is 0 Å². The fourth-order valence-corrected chi connectivity index (χ4v) is 2.38. The number of hydrogen-bond donors (Lipinski definition) is 2. The number of anilines is 1. The number of methoxy groups -OCH3 is 1. The Balaban J connectivity index is 2.20. The van der Waals surface area contributed by atoms with Crippen molar-refractivity contribution in [2.45, 2.75) is 19.0 Å². The third kappa shape index (κ3) is 2.70. The zero-order chi connectivity index (χ0) is 12.3. The molecule has 17 heavy (non-hydrogen) atoms. The number of benzene rings is 1. The van der Waals surface area contributed by atoms with Gasteiger partial charge in [0.05, 0.1) is 19.4 Å². The molecule has 1 heterocycles. The molecule has 4 nitrogen and oxygen atoms in total. The third-order valence-electron chi connectivity index (χ3n) is 3.10. The van der Waals surface area contributed by atoms with Gasteiger partial charge in [-0.1, -0.05) is 12.1 Å². The van der Waals surface area contributed by atoms with Crippen LogP contribution in [0.5, 0.6) is 5.75 Å². The summed E-state index contributed by atoms with van der Waals surface area (Å²) in [7, 11) is 1.69. The number of aliphatic hydroxyl groups is 1. The summed E-state index contributed by atoms with van der Waals surface area (Å²) in [6.07, 6.45) is 0. The number of ether oxygens (including phenoxy) is 1. The van der Waals surface area contributed by atoms with Crippen LogP contribution in [0.1, 0.15) is 6.92 Å². The minimum Gasteiger partial charge on any atom is -0.495 e. The Morgan fingerprint density at radius 2 is 2.18 bits per heavy atom. The monoisotopic (exact) mass is 236 g/mol. The van der Waals surface area contributed by atoms with Gasteiger partial charge in [0.15, 0.2) is 0 Å². The quantitative estimate of drug-likeness (QED) is 0.817. The van der Waals surface area contributed by atoms with Crippen molar-refractivity contribution in [3.05, 3.63) is 24.3 Å². The zero-order valence-corrected chi connectivity index (χ0v) is 10.4. The van der Waals surface area contributed by atoms with E-state index in [2.05, 4.69) is 23.2 Å². The van der Waals surface area contributed by atoms with Crippen LogP contribution in [0.15, 0.2) is 24.3 Å². The van der Waals surface area contributed by atoms with Crippen LogP contribution in [0.2, 0.25) is 0 Å². The molecule has 0 saturated carbocycles. The van der Waals surface area contributed by atoms with Gasteiger partial charge in [0.2, 0.25) is 0 Å². The van der Waals surface area contributed by atoms with Crippen molar-refractivity contribution >= 4 is 5.69 Å². The Morgan fingerprint density at radius 3 is 2.88 bits per heavy atom. The normalized spacial score (nSPS) is 24.8. The van der Waals surface area contributed by atoms with E-state index in [1.165, 1.54) is 0 Å². The minimum atomic E-state index is 0.128. The fourth-order valence-electron chi connectivity index (χ4n) is 2.38. The second-order valence-electron chi connectivity index (χ2n) is 4.52. The van der Waals surface area contributed by atoms with Crippen LogP contribution in [-0.4, -0.2) is 44.0 Å². The van der Waals surface area contributed by atoms with Gasteiger partial charge in [-0.25, -0.2) is 0 Å². The molecule has 0 radical (unpaired) electrons. The first-order chi connectivity index (χ1) is 8.24. The molecule has 1 saturated heterocycles. The lowest BCUT2D eigenvalue weighted by Gasteiger charge is -2.38. The van der Waals surface area contributed by atoms with E-state index in [0.29, 0.717) is 6.04 Å². The average Bonchev–Trinajstić information content (AvgIpc) is 2.37. The molecule has 2 unspecified atom stereocenters. The average molecular weight is 236 g/mol. The topological polar surface area (TPSA) is 44.7 Å². The maximum Gasteiger partial charge on any atom is 0.142 e. The molecule has 2 N–H and O–H groups in total. The van der Waals surface area contributed by atoms with E-state index >= 15 is 0 Å². The van der Waals surface area contributed by atoms with Crippen LogP contribution < -0.4 is 15.0 Å². The highest BCUT2D eigenvalue weighted by Crippen LogP contribution is 2.28. The molecule has 0 bridgehead atoms. The first kappa shape index (κ1) is 12.2. The van der Waals surface area contributed by atoms with E-state index in [0.717, 1.165) is 24.5 Å². The van der Waals surface area contributed by atoms with Crippen molar-refractivity contribution in [2.75, 3.05) is 31.7 Å². The summed E-state index contributed by atoms with van der Waals surface area (Å²) in [5, 5.41) is 12.7. The van der Waals surface area contributed by atoms with Crippen molar-refractivity contribution in [3.8, 4) is 5.75 Å². The molecular weight excluding hydrogens is 216 g/mol. The molecule has 1 aliphatic heterocycles. The highest BCUT2D eigenvalue weighted by atomic mass is 16.5. The summed E-state index contributed by atoms with van der Waals surface area (Å²) in [4.78, 5) is 2.26. The summed E-state index contributed by atoms with van der Waals surface area (Å²) < 4.78 is 5.38. The summed E-state index contributed by atoms with van der Waals surface area (Å²) >= 11 is 0. The first-order valence-electron chi connectivity index (χ1n) is 5.99. The molecule has 1 fully saturated rings. The highest BCUT2D eigenvalue weighted by molar-refractivity contribution is 5.59. The van der Waals surface area contributed by atoms with E-state index in [1.807, 2.05) is 18.2 Å². The lowest BCUT2D eigenvalue weighted by molar-refractivity contribution is 0.221. The van der Waals surface area contributed by atoms with Gasteiger partial charge in [0.25, 0.3) is 0 Å².